The summed E-state index contributed by atoms with van der Waals surface area (Å²) in [4.78, 5) is 0. The van der Waals surface area contributed by atoms with Gasteiger partial charge in [0.05, 0.1) is 13.7 Å². The number of methoxy groups -OCH3 is 1. The first-order valence-corrected chi connectivity index (χ1v) is 7.37. The second kappa shape index (κ2) is 7.69. The number of hydrogen-bond acceptors (Lipinski definition) is 3. The van der Waals surface area contributed by atoms with Gasteiger partial charge in [0, 0.05) is 12.2 Å². The molecule has 0 fully saturated rings. The van der Waals surface area contributed by atoms with Crippen LogP contribution in [-0.4, -0.2) is 13.7 Å². The molecule has 0 unspecified atom stereocenters. The van der Waals surface area contributed by atoms with Crippen molar-refractivity contribution in [1.29, 1.82) is 0 Å². The van der Waals surface area contributed by atoms with Gasteiger partial charge in [0.2, 0.25) is 0 Å². The van der Waals surface area contributed by atoms with E-state index in [1.165, 1.54) is 12.1 Å². The van der Waals surface area contributed by atoms with E-state index in [-0.39, 0.29) is 5.82 Å². The number of halogens is 1. The molecule has 0 amide bonds. The Kier molecular flexibility index (Phi) is 5.64. The lowest BCUT2D eigenvalue weighted by Crippen LogP contribution is -2.06. The van der Waals surface area contributed by atoms with Crippen LogP contribution in [0.25, 0.3) is 0 Å². The molecule has 0 aliphatic carbocycles. The third-order valence-corrected chi connectivity index (χ3v) is 3.14. The Morgan fingerprint density at radius 3 is 2.41 bits per heavy atom. The van der Waals surface area contributed by atoms with Crippen LogP contribution in [0, 0.1) is 11.7 Å². The molecule has 118 valence electrons. The molecular formula is C18H22FNO2. The summed E-state index contributed by atoms with van der Waals surface area (Å²) in [5, 5.41) is 3.25. The number of hydrogen-bond donors (Lipinski definition) is 1. The number of benzene rings is 2. The van der Waals surface area contributed by atoms with Gasteiger partial charge >= 0.3 is 0 Å². The zero-order chi connectivity index (χ0) is 15.9. The summed E-state index contributed by atoms with van der Waals surface area (Å²) in [6.45, 7) is 5.48. The maximum atomic E-state index is 12.9. The minimum Gasteiger partial charge on any atom is -0.493 e. The molecule has 2 aromatic rings. The first-order chi connectivity index (χ1) is 10.6. The van der Waals surface area contributed by atoms with Gasteiger partial charge in [-0.05, 0) is 47.9 Å². The molecule has 0 aliphatic heterocycles. The van der Waals surface area contributed by atoms with E-state index < -0.39 is 0 Å². The second-order valence-corrected chi connectivity index (χ2v) is 5.55. The van der Waals surface area contributed by atoms with Gasteiger partial charge in [0.15, 0.2) is 11.5 Å². The van der Waals surface area contributed by atoms with Gasteiger partial charge in [-0.2, -0.15) is 0 Å². The van der Waals surface area contributed by atoms with Crippen LogP contribution in [0.4, 0.5) is 10.1 Å². The SMILES string of the molecule is COc1ccc(CNc2ccc(F)cc2)cc1OCC(C)C. The zero-order valence-corrected chi connectivity index (χ0v) is 13.2. The van der Waals surface area contributed by atoms with Crippen LogP contribution in [-0.2, 0) is 6.54 Å². The number of nitrogens with one attached hydrogen (secondary N) is 1. The zero-order valence-electron chi connectivity index (χ0n) is 13.2. The molecule has 0 spiro atoms. The molecule has 0 bridgehead atoms. The predicted octanol–water partition coefficient (Wildman–Crippen LogP) is 4.48. The third-order valence-electron chi connectivity index (χ3n) is 3.14. The molecule has 0 atom stereocenters. The molecule has 0 aliphatic rings. The average molecular weight is 303 g/mol. The topological polar surface area (TPSA) is 30.5 Å². The maximum absolute atomic E-state index is 12.9. The summed E-state index contributed by atoms with van der Waals surface area (Å²) in [7, 11) is 1.63. The molecule has 0 saturated heterocycles. The lowest BCUT2D eigenvalue weighted by molar-refractivity contribution is 0.256. The molecular weight excluding hydrogens is 281 g/mol. The van der Waals surface area contributed by atoms with Crippen molar-refractivity contribution in [2.75, 3.05) is 19.0 Å². The van der Waals surface area contributed by atoms with Crippen LogP contribution >= 0.6 is 0 Å². The van der Waals surface area contributed by atoms with Gasteiger partial charge in [-0.1, -0.05) is 19.9 Å². The molecule has 3 nitrogen and oxygen atoms in total. The highest BCUT2D eigenvalue weighted by Crippen LogP contribution is 2.28. The highest BCUT2D eigenvalue weighted by molar-refractivity contribution is 5.46. The Hall–Kier alpha value is -2.23. The van der Waals surface area contributed by atoms with E-state index in [0.29, 0.717) is 19.1 Å². The quantitative estimate of drug-likeness (QED) is 0.818. The van der Waals surface area contributed by atoms with Crippen molar-refractivity contribution in [1.82, 2.24) is 0 Å². The lowest BCUT2D eigenvalue weighted by Gasteiger charge is -2.14. The van der Waals surface area contributed by atoms with Crippen LogP contribution < -0.4 is 14.8 Å². The van der Waals surface area contributed by atoms with Crippen molar-refractivity contribution >= 4 is 5.69 Å². The van der Waals surface area contributed by atoms with Crippen molar-refractivity contribution in [2.45, 2.75) is 20.4 Å². The molecule has 4 heteroatoms. The first-order valence-electron chi connectivity index (χ1n) is 7.37. The van der Waals surface area contributed by atoms with Crippen molar-refractivity contribution in [2.24, 2.45) is 5.92 Å². The Morgan fingerprint density at radius 2 is 1.77 bits per heavy atom. The van der Waals surface area contributed by atoms with E-state index in [1.807, 2.05) is 18.2 Å². The van der Waals surface area contributed by atoms with Gasteiger partial charge in [-0.25, -0.2) is 4.39 Å². The molecule has 2 aromatic carbocycles. The molecule has 22 heavy (non-hydrogen) atoms. The van der Waals surface area contributed by atoms with Crippen LogP contribution in [0.15, 0.2) is 42.5 Å². The first kappa shape index (κ1) is 16.1. The van der Waals surface area contributed by atoms with Crippen LogP contribution in [0.5, 0.6) is 11.5 Å². The Balaban J connectivity index is 2.04. The number of rotatable bonds is 7. The Bertz CT molecular complexity index is 597. The Labute approximate surface area is 131 Å². The standard InChI is InChI=1S/C18H22FNO2/c1-13(2)12-22-18-10-14(4-9-17(18)21-3)11-20-16-7-5-15(19)6-8-16/h4-10,13,20H,11-12H2,1-3H3. The van der Waals surface area contributed by atoms with Gasteiger partial charge in [0.25, 0.3) is 0 Å². The monoisotopic (exact) mass is 303 g/mol. The minimum absolute atomic E-state index is 0.237. The maximum Gasteiger partial charge on any atom is 0.161 e. The fraction of sp³-hybridized carbons (Fsp3) is 0.333. The van der Waals surface area contributed by atoms with Crippen molar-refractivity contribution in [3.8, 4) is 11.5 Å². The van der Waals surface area contributed by atoms with E-state index in [4.69, 9.17) is 9.47 Å². The van der Waals surface area contributed by atoms with E-state index >= 15 is 0 Å². The van der Waals surface area contributed by atoms with Crippen molar-refractivity contribution in [3.05, 3.63) is 53.8 Å². The molecule has 0 saturated carbocycles. The number of ether oxygens (including phenoxy) is 2. The summed E-state index contributed by atoms with van der Waals surface area (Å²) in [5.41, 5.74) is 1.95. The van der Waals surface area contributed by atoms with E-state index in [0.717, 1.165) is 22.7 Å². The molecule has 0 heterocycles. The van der Waals surface area contributed by atoms with Crippen molar-refractivity contribution < 1.29 is 13.9 Å². The smallest absolute Gasteiger partial charge is 0.161 e. The lowest BCUT2D eigenvalue weighted by atomic mass is 10.2. The summed E-state index contributed by atoms with van der Waals surface area (Å²) in [5.74, 6) is 1.69. The third kappa shape index (κ3) is 4.65. The normalized spacial score (nSPS) is 10.6. The Morgan fingerprint density at radius 1 is 1.05 bits per heavy atom. The largest absolute Gasteiger partial charge is 0.493 e. The average Bonchev–Trinajstić information content (AvgIpc) is 2.52. The molecule has 2 rings (SSSR count). The van der Waals surface area contributed by atoms with Crippen LogP contribution in [0.3, 0.4) is 0 Å². The molecule has 1 N–H and O–H groups in total. The van der Waals surface area contributed by atoms with Crippen LogP contribution in [0.1, 0.15) is 19.4 Å². The van der Waals surface area contributed by atoms with Gasteiger partial charge < -0.3 is 14.8 Å². The van der Waals surface area contributed by atoms with Gasteiger partial charge in [-0.3, -0.25) is 0 Å². The fourth-order valence-corrected chi connectivity index (χ4v) is 1.97. The highest BCUT2D eigenvalue weighted by atomic mass is 19.1. The predicted molar refractivity (Wildman–Crippen MR) is 87.1 cm³/mol. The summed E-state index contributed by atoms with van der Waals surface area (Å²) in [6.07, 6.45) is 0. The van der Waals surface area contributed by atoms with Gasteiger partial charge in [0.1, 0.15) is 5.82 Å². The fourth-order valence-electron chi connectivity index (χ4n) is 1.97. The minimum atomic E-state index is -0.237. The summed E-state index contributed by atoms with van der Waals surface area (Å²) < 4.78 is 24.0. The summed E-state index contributed by atoms with van der Waals surface area (Å²) in [6, 6.07) is 12.2. The van der Waals surface area contributed by atoms with Crippen LogP contribution in [0.2, 0.25) is 0 Å². The molecule has 0 aromatic heterocycles. The van der Waals surface area contributed by atoms with Crippen molar-refractivity contribution in [3.63, 3.8) is 0 Å². The van der Waals surface area contributed by atoms with E-state index in [9.17, 15) is 4.39 Å². The number of anilines is 1. The highest BCUT2D eigenvalue weighted by Gasteiger charge is 2.07. The second-order valence-electron chi connectivity index (χ2n) is 5.55. The van der Waals surface area contributed by atoms with Gasteiger partial charge in [-0.15, -0.1) is 0 Å². The van der Waals surface area contributed by atoms with E-state index in [1.54, 1.807) is 19.2 Å². The van der Waals surface area contributed by atoms with E-state index in [2.05, 4.69) is 19.2 Å². The summed E-state index contributed by atoms with van der Waals surface area (Å²) >= 11 is 0. The molecule has 0 radical (unpaired) electrons.